The number of rotatable bonds is 2. The lowest BCUT2D eigenvalue weighted by Gasteiger charge is -2.36. The number of aromatic nitrogens is 1. The molecule has 0 atom stereocenters. The lowest BCUT2D eigenvalue weighted by molar-refractivity contribution is 1.18. The molecule has 0 saturated heterocycles. The molecule has 40 heavy (non-hydrogen) atoms. The van der Waals surface area contributed by atoms with E-state index in [4.69, 9.17) is 0 Å². The molecule has 0 fully saturated rings. The van der Waals surface area contributed by atoms with Gasteiger partial charge >= 0.3 is 6.98 Å². The van der Waals surface area contributed by atoms with E-state index in [2.05, 4.69) is 160 Å². The van der Waals surface area contributed by atoms with Crippen molar-refractivity contribution in [2.45, 2.75) is 0 Å². The summed E-state index contributed by atoms with van der Waals surface area (Å²) in [5, 5.41) is 2.53. The van der Waals surface area contributed by atoms with Crippen LogP contribution in [0.15, 0.2) is 146 Å². The molecule has 6 aromatic carbocycles. The van der Waals surface area contributed by atoms with Crippen molar-refractivity contribution in [1.82, 2.24) is 4.57 Å². The predicted octanol–water partition coefficient (Wildman–Crippen LogP) is 8.45. The predicted molar refractivity (Wildman–Crippen MR) is 169 cm³/mol. The van der Waals surface area contributed by atoms with E-state index in [-0.39, 0.29) is 6.98 Å². The zero-order chi connectivity index (χ0) is 26.2. The number of benzene rings is 6. The minimum atomic E-state index is 0.0199. The van der Waals surface area contributed by atoms with E-state index in [0.29, 0.717) is 0 Å². The normalized spacial score (nSPS) is 13.3. The second-order valence-electron chi connectivity index (χ2n) is 10.6. The van der Waals surface area contributed by atoms with E-state index in [0.717, 1.165) is 0 Å². The Morgan fingerprint density at radius 2 is 1.02 bits per heavy atom. The summed E-state index contributed by atoms with van der Waals surface area (Å²) in [4.78, 5) is 5.07. The molecule has 0 N–H and O–H groups in total. The van der Waals surface area contributed by atoms with Gasteiger partial charge in [-0.2, -0.15) is 0 Å². The maximum absolute atomic E-state index is 2.55. The van der Waals surface area contributed by atoms with Gasteiger partial charge in [0.25, 0.3) is 0 Å². The van der Waals surface area contributed by atoms with Gasteiger partial charge in [-0.25, -0.2) is 0 Å². The Kier molecular flexibility index (Phi) is 4.41. The van der Waals surface area contributed by atoms with E-state index in [9.17, 15) is 0 Å². The van der Waals surface area contributed by atoms with Crippen molar-refractivity contribution in [1.29, 1.82) is 0 Å². The van der Waals surface area contributed by atoms with Crippen LogP contribution in [0.2, 0.25) is 0 Å². The zero-order valence-corrected chi connectivity index (χ0v) is 21.8. The highest BCUT2D eigenvalue weighted by Crippen LogP contribution is 2.53. The molecule has 186 valence electrons. The number of fused-ring (bicyclic) bond motifs is 11. The fourth-order valence-corrected chi connectivity index (χ4v) is 6.90. The molecule has 7 aromatic rings. The molecular formula is C36H24BN3. The Labute approximate surface area is 233 Å². The van der Waals surface area contributed by atoms with Crippen LogP contribution in [0.25, 0.3) is 38.6 Å². The van der Waals surface area contributed by atoms with E-state index < -0.39 is 0 Å². The molecule has 1 aromatic heterocycles. The highest BCUT2D eigenvalue weighted by molar-refractivity contribution is 6.86. The molecule has 0 amide bonds. The highest BCUT2D eigenvalue weighted by atomic mass is 15.3. The fourth-order valence-electron chi connectivity index (χ4n) is 6.90. The summed E-state index contributed by atoms with van der Waals surface area (Å²) in [6.07, 6.45) is 0. The third-order valence-corrected chi connectivity index (χ3v) is 8.52. The van der Waals surface area contributed by atoms with Crippen molar-refractivity contribution in [3.05, 3.63) is 146 Å². The largest absolute Gasteiger partial charge is 0.421 e. The quantitative estimate of drug-likeness (QED) is 0.217. The van der Waals surface area contributed by atoms with E-state index >= 15 is 0 Å². The summed E-state index contributed by atoms with van der Waals surface area (Å²) in [7, 11) is 0. The van der Waals surface area contributed by atoms with Crippen molar-refractivity contribution >= 4 is 57.0 Å². The van der Waals surface area contributed by atoms with Gasteiger partial charge in [0.05, 0.1) is 22.4 Å². The molecule has 0 spiro atoms. The summed E-state index contributed by atoms with van der Waals surface area (Å²) in [5.74, 6) is 0. The fraction of sp³-hybridized carbons (Fsp3) is 0. The van der Waals surface area contributed by atoms with Crippen molar-refractivity contribution in [2.75, 3.05) is 9.62 Å². The van der Waals surface area contributed by atoms with Crippen LogP contribution in [0, 0.1) is 0 Å². The van der Waals surface area contributed by atoms with Gasteiger partial charge in [-0.15, -0.1) is 0 Å². The Bertz CT molecular complexity index is 2080. The van der Waals surface area contributed by atoms with Gasteiger partial charge in [0, 0.05) is 33.4 Å². The second kappa shape index (κ2) is 8.14. The number of para-hydroxylation sites is 4. The summed E-state index contributed by atoms with van der Waals surface area (Å²) >= 11 is 0. The number of hydrogen-bond donors (Lipinski definition) is 0. The van der Waals surface area contributed by atoms with E-state index in [1.165, 1.54) is 66.8 Å². The summed E-state index contributed by atoms with van der Waals surface area (Å²) in [6.45, 7) is 0.0199. The standard InChI is InChI=1S/C36H24BN3/c1-3-13-25(14-4-1)38-32-21-11-8-19-29(32)30-23-35-36(24-34(30)38)39(26-15-5-2-6-16-26)37-31-20-10-7-17-27(31)28-18-9-12-22-33(28)40(35)37/h1-24H. The van der Waals surface area contributed by atoms with Crippen LogP contribution in [-0.2, 0) is 0 Å². The van der Waals surface area contributed by atoms with Gasteiger partial charge < -0.3 is 14.2 Å². The van der Waals surface area contributed by atoms with Crippen molar-refractivity contribution in [3.63, 3.8) is 0 Å². The van der Waals surface area contributed by atoms with Crippen LogP contribution in [-0.4, -0.2) is 11.5 Å². The number of anilines is 4. The lowest BCUT2D eigenvalue weighted by atomic mass is 9.59. The average Bonchev–Trinajstić information content (AvgIpc) is 3.54. The monoisotopic (exact) mass is 509 g/mol. The third kappa shape index (κ3) is 2.85. The molecule has 0 unspecified atom stereocenters. The van der Waals surface area contributed by atoms with Gasteiger partial charge in [-0.3, -0.25) is 0 Å². The molecule has 4 heteroatoms. The zero-order valence-electron chi connectivity index (χ0n) is 21.8. The Hall–Kier alpha value is -5.22. The molecule has 0 bridgehead atoms. The topological polar surface area (TPSA) is 11.4 Å². The molecule has 3 heterocycles. The van der Waals surface area contributed by atoms with Crippen LogP contribution in [0.1, 0.15) is 0 Å². The van der Waals surface area contributed by atoms with Gasteiger partial charge in [-0.1, -0.05) is 97.1 Å². The maximum atomic E-state index is 2.55. The number of hydrogen-bond acceptors (Lipinski definition) is 2. The summed E-state index contributed by atoms with van der Waals surface area (Å²) in [6, 6.07) is 52.9. The Morgan fingerprint density at radius 3 is 1.85 bits per heavy atom. The molecule has 2 aliphatic heterocycles. The number of nitrogens with zero attached hydrogens (tertiary/aromatic N) is 3. The van der Waals surface area contributed by atoms with Gasteiger partial charge in [0.1, 0.15) is 0 Å². The Morgan fingerprint density at radius 1 is 0.400 bits per heavy atom. The first-order valence-corrected chi connectivity index (χ1v) is 13.8. The minimum Gasteiger partial charge on any atom is -0.360 e. The first kappa shape index (κ1) is 21.7. The molecule has 2 aliphatic rings. The summed E-state index contributed by atoms with van der Waals surface area (Å²) < 4.78 is 2.41. The summed E-state index contributed by atoms with van der Waals surface area (Å²) in [5.41, 5.74) is 12.4. The lowest BCUT2D eigenvalue weighted by Crippen LogP contribution is -2.55. The highest BCUT2D eigenvalue weighted by Gasteiger charge is 2.48. The van der Waals surface area contributed by atoms with Crippen LogP contribution < -0.4 is 15.1 Å². The van der Waals surface area contributed by atoms with Gasteiger partial charge in [0.2, 0.25) is 0 Å². The Balaban J connectivity index is 1.42. The average molecular weight is 509 g/mol. The third-order valence-electron chi connectivity index (χ3n) is 8.52. The first-order chi connectivity index (χ1) is 19.9. The molecule has 9 rings (SSSR count). The molecular weight excluding hydrogens is 485 g/mol. The van der Waals surface area contributed by atoms with Crippen molar-refractivity contribution < 1.29 is 0 Å². The van der Waals surface area contributed by atoms with Gasteiger partial charge in [0.15, 0.2) is 0 Å². The first-order valence-electron chi connectivity index (χ1n) is 13.8. The maximum Gasteiger partial charge on any atom is 0.421 e. The molecule has 0 saturated carbocycles. The van der Waals surface area contributed by atoms with E-state index in [1.54, 1.807) is 0 Å². The molecule has 0 aliphatic carbocycles. The van der Waals surface area contributed by atoms with Crippen molar-refractivity contribution in [2.24, 2.45) is 0 Å². The van der Waals surface area contributed by atoms with Gasteiger partial charge in [-0.05, 0) is 59.6 Å². The SMILES string of the molecule is c1ccc(N2B3c4ccccc4-c4ccccc4N3c3cc4c5ccccc5n(-c5ccccc5)c4cc32)cc1. The van der Waals surface area contributed by atoms with Crippen LogP contribution in [0.4, 0.5) is 22.7 Å². The smallest absolute Gasteiger partial charge is 0.360 e. The van der Waals surface area contributed by atoms with Crippen LogP contribution in [0.3, 0.4) is 0 Å². The minimum absolute atomic E-state index is 0.0199. The second-order valence-corrected chi connectivity index (χ2v) is 10.6. The molecule has 3 nitrogen and oxygen atoms in total. The van der Waals surface area contributed by atoms with Crippen molar-refractivity contribution in [3.8, 4) is 16.8 Å². The molecule has 0 radical (unpaired) electrons. The van der Waals surface area contributed by atoms with E-state index in [1.807, 2.05) is 0 Å². The van der Waals surface area contributed by atoms with Crippen LogP contribution >= 0.6 is 0 Å². The van der Waals surface area contributed by atoms with Crippen LogP contribution in [0.5, 0.6) is 0 Å².